The van der Waals surface area contributed by atoms with Crippen LogP contribution in [0.4, 0.5) is 0 Å². The van der Waals surface area contributed by atoms with Gasteiger partial charge in [0, 0.05) is 23.5 Å². The Morgan fingerprint density at radius 2 is 1.52 bits per heavy atom. The summed E-state index contributed by atoms with van der Waals surface area (Å²) in [4.78, 5) is 20.6. The van der Waals surface area contributed by atoms with Crippen molar-refractivity contribution < 1.29 is 36.9 Å². The molecular weight excluding hydrogens is 344 g/mol. The van der Waals surface area contributed by atoms with E-state index in [1.807, 2.05) is 6.92 Å². The minimum Gasteiger partial charge on any atom is -0.481 e. The van der Waals surface area contributed by atoms with E-state index in [1.165, 1.54) is 6.42 Å². The van der Waals surface area contributed by atoms with Gasteiger partial charge in [-0.2, -0.15) is 0 Å². The fourth-order valence-corrected chi connectivity index (χ4v) is 2.06. The first-order valence-electron chi connectivity index (χ1n) is 8.58. The molecule has 0 saturated heterocycles. The van der Waals surface area contributed by atoms with Crippen LogP contribution in [-0.2, 0) is 26.7 Å². The molecule has 1 radical (unpaired) electrons. The summed E-state index contributed by atoms with van der Waals surface area (Å²) in [6, 6.07) is 0. The molecule has 23 heavy (non-hydrogen) atoms. The maximum absolute atomic E-state index is 10.4. The van der Waals surface area contributed by atoms with Crippen molar-refractivity contribution in [1.29, 1.82) is 0 Å². The molecule has 0 saturated carbocycles. The number of rotatable bonds is 10. The predicted octanol–water partition coefficient (Wildman–Crippen LogP) is 5.35. The largest absolute Gasteiger partial charge is 0.481 e. The van der Waals surface area contributed by atoms with E-state index in [2.05, 4.69) is 27.7 Å². The van der Waals surface area contributed by atoms with Crippen molar-refractivity contribution >= 4 is 11.9 Å². The topological polar surface area (TPSA) is 74.6 Å². The third kappa shape index (κ3) is 23.8. The van der Waals surface area contributed by atoms with Gasteiger partial charge in [0.15, 0.2) is 0 Å². The van der Waals surface area contributed by atoms with Crippen molar-refractivity contribution in [2.45, 2.75) is 92.4 Å². The zero-order valence-electron chi connectivity index (χ0n) is 15.5. The van der Waals surface area contributed by atoms with E-state index >= 15 is 0 Å². The third-order valence-corrected chi connectivity index (χ3v) is 3.57. The van der Waals surface area contributed by atoms with Crippen LogP contribution >= 0.6 is 0 Å². The standard InChI is InChI=1S/C10H20O2.C8H16O2.Cu/c1-10(2,3)8-6-4-5-7-9(11)12;1-3-5-6-7(4-2)8(9)10;/h4-8H2,1-3H3,(H,11,12);7H,3-6H2,1-2H3,(H,9,10);. The van der Waals surface area contributed by atoms with Crippen molar-refractivity contribution in [2.24, 2.45) is 11.3 Å². The molecular formula is C18H36CuO4. The Morgan fingerprint density at radius 3 is 1.87 bits per heavy atom. The normalized spacial score (nSPS) is 11.7. The molecule has 0 rings (SSSR count). The van der Waals surface area contributed by atoms with Gasteiger partial charge in [-0.15, -0.1) is 0 Å². The van der Waals surface area contributed by atoms with Gasteiger partial charge in [0.2, 0.25) is 0 Å². The smallest absolute Gasteiger partial charge is 0.306 e. The number of unbranched alkanes of at least 4 members (excludes halogenated alkanes) is 3. The zero-order valence-corrected chi connectivity index (χ0v) is 16.4. The molecule has 0 aliphatic carbocycles. The van der Waals surface area contributed by atoms with Gasteiger partial charge in [-0.3, -0.25) is 9.59 Å². The SMILES string of the molecule is CC(C)(C)CCCCCC(=O)O.CCCCC(CC)C(=O)O.[Cu]. The monoisotopic (exact) mass is 379 g/mol. The first kappa shape index (κ1) is 27.3. The predicted molar refractivity (Wildman–Crippen MR) is 91.1 cm³/mol. The average molecular weight is 380 g/mol. The second-order valence-corrected chi connectivity index (χ2v) is 7.10. The fraction of sp³-hybridized carbons (Fsp3) is 0.889. The van der Waals surface area contributed by atoms with Crippen LogP contribution in [0.2, 0.25) is 0 Å². The molecule has 0 aliphatic heterocycles. The Morgan fingerprint density at radius 1 is 0.957 bits per heavy atom. The molecule has 5 heteroatoms. The first-order chi connectivity index (χ1) is 10.1. The molecule has 0 fully saturated rings. The Hall–Kier alpha value is -0.541. The number of hydrogen-bond acceptors (Lipinski definition) is 2. The average Bonchev–Trinajstić information content (AvgIpc) is 2.38. The summed E-state index contributed by atoms with van der Waals surface area (Å²) in [7, 11) is 0. The molecule has 1 unspecified atom stereocenters. The van der Waals surface area contributed by atoms with Gasteiger partial charge in [-0.05, 0) is 31.1 Å². The maximum Gasteiger partial charge on any atom is 0.306 e. The van der Waals surface area contributed by atoms with Crippen LogP contribution in [0.5, 0.6) is 0 Å². The Labute approximate surface area is 152 Å². The number of carboxylic acids is 2. The summed E-state index contributed by atoms with van der Waals surface area (Å²) >= 11 is 0. The molecule has 0 aromatic rings. The van der Waals surface area contributed by atoms with Crippen LogP contribution in [0, 0.1) is 11.3 Å². The second-order valence-electron chi connectivity index (χ2n) is 7.10. The van der Waals surface area contributed by atoms with E-state index in [1.54, 1.807) is 0 Å². The Balaban J connectivity index is -0.000000338. The second kappa shape index (κ2) is 16.3. The Bertz CT molecular complexity index is 298. The summed E-state index contributed by atoms with van der Waals surface area (Å²) in [5, 5.41) is 17.0. The molecule has 0 spiro atoms. The number of aliphatic carboxylic acids is 2. The minimum atomic E-state index is -0.675. The van der Waals surface area contributed by atoms with Crippen LogP contribution in [0.1, 0.15) is 92.4 Å². The van der Waals surface area contributed by atoms with E-state index in [4.69, 9.17) is 10.2 Å². The van der Waals surface area contributed by atoms with E-state index < -0.39 is 11.9 Å². The molecule has 0 amide bonds. The molecule has 0 bridgehead atoms. The van der Waals surface area contributed by atoms with Crippen LogP contribution < -0.4 is 0 Å². The maximum atomic E-state index is 10.4. The summed E-state index contributed by atoms with van der Waals surface area (Å²) in [5.74, 6) is -1.43. The van der Waals surface area contributed by atoms with Crippen LogP contribution in [-0.4, -0.2) is 22.2 Å². The van der Waals surface area contributed by atoms with Gasteiger partial charge in [-0.25, -0.2) is 0 Å². The van der Waals surface area contributed by atoms with Gasteiger partial charge >= 0.3 is 11.9 Å². The van der Waals surface area contributed by atoms with Crippen molar-refractivity contribution in [2.75, 3.05) is 0 Å². The number of carboxylic acid groups (broad SMARTS) is 2. The van der Waals surface area contributed by atoms with Crippen molar-refractivity contribution in [3.05, 3.63) is 0 Å². The molecule has 0 heterocycles. The van der Waals surface area contributed by atoms with E-state index in [9.17, 15) is 9.59 Å². The minimum absolute atomic E-state index is 0. The van der Waals surface area contributed by atoms with E-state index in [-0.39, 0.29) is 23.0 Å². The number of carbonyl (C=O) groups is 2. The quantitative estimate of drug-likeness (QED) is 0.396. The third-order valence-electron chi connectivity index (χ3n) is 3.57. The van der Waals surface area contributed by atoms with Gasteiger partial charge in [-0.1, -0.05) is 60.3 Å². The Kier molecular flexibility index (Phi) is 19.4. The fourth-order valence-electron chi connectivity index (χ4n) is 2.06. The number of hydrogen-bond donors (Lipinski definition) is 2. The van der Waals surface area contributed by atoms with Gasteiger partial charge in [0.05, 0.1) is 5.92 Å². The summed E-state index contributed by atoms with van der Waals surface area (Å²) in [5.41, 5.74) is 0.392. The van der Waals surface area contributed by atoms with Crippen LogP contribution in [0.3, 0.4) is 0 Å². The summed E-state index contributed by atoms with van der Waals surface area (Å²) in [6.07, 6.45) is 8.24. The molecule has 0 aliphatic rings. The van der Waals surface area contributed by atoms with Crippen molar-refractivity contribution in [3.8, 4) is 0 Å². The van der Waals surface area contributed by atoms with E-state index in [0.717, 1.165) is 44.9 Å². The molecule has 4 nitrogen and oxygen atoms in total. The van der Waals surface area contributed by atoms with Gasteiger partial charge in [0.25, 0.3) is 0 Å². The first-order valence-corrected chi connectivity index (χ1v) is 8.58. The van der Waals surface area contributed by atoms with Gasteiger partial charge < -0.3 is 10.2 Å². The molecule has 1 atom stereocenters. The van der Waals surface area contributed by atoms with Crippen LogP contribution in [0.15, 0.2) is 0 Å². The van der Waals surface area contributed by atoms with E-state index in [0.29, 0.717) is 11.8 Å². The van der Waals surface area contributed by atoms with Crippen molar-refractivity contribution in [1.82, 2.24) is 0 Å². The zero-order chi connectivity index (χ0) is 17.6. The van der Waals surface area contributed by atoms with Gasteiger partial charge in [0.1, 0.15) is 0 Å². The molecule has 2 N–H and O–H groups in total. The molecule has 0 aromatic heterocycles. The van der Waals surface area contributed by atoms with Crippen LogP contribution in [0.25, 0.3) is 0 Å². The molecule has 143 valence electrons. The van der Waals surface area contributed by atoms with Crippen molar-refractivity contribution in [3.63, 3.8) is 0 Å². The summed E-state index contributed by atoms with van der Waals surface area (Å²) < 4.78 is 0. The summed E-state index contributed by atoms with van der Waals surface area (Å²) in [6.45, 7) is 10.6. The molecule has 0 aromatic carbocycles.